The molecule has 0 amide bonds. The van der Waals surface area contributed by atoms with Gasteiger partial charge in [0.05, 0.1) is 4.92 Å². The van der Waals surface area contributed by atoms with Crippen LogP contribution in [0.1, 0.15) is 25.3 Å². The van der Waals surface area contributed by atoms with E-state index in [1.54, 1.807) is 0 Å². The monoisotopic (exact) mass is 275 g/mol. The maximum Gasteiger partial charge on any atom is 0.289 e. The maximum atomic E-state index is 10.7. The van der Waals surface area contributed by atoms with Gasteiger partial charge >= 0.3 is 0 Å². The summed E-state index contributed by atoms with van der Waals surface area (Å²) in [5, 5.41) is 23.3. The maximum absolute atomic E-state index is 10.7. The number of likely N-dealkylation sites (N-methyl/N-ethyl adjacent to an activating group) is 1. The van der Waals surface area contributed by atoms with Gasteiger partial charge in [0.2, 0.25) is 0 Å². The highest BCUT2D eigenvalue weighted by Crippen LogP contribution is 2.22. The van der Waals surface area contributed by atoms with Gasteiger partial charge in [-0.1, -0.05) is 0 Å². The highest BCUT2D eigenvalue weighted by atomic mass is 16.6. The van der Waals surface area contributed by atoms with Crippen molar-refractivity contribution in [3.05, 3.63) is 27.9 Å². The van der Waals surface area contributed by atoms with Crippen LogP contribution >= 0.6 is 0 Å². The van der Waals surface area contributed by atoms with E-state index in [0.717, 1.165) is 25.9 Å². The number of hydrogen-bond acceptors (Lipinski definition) is 6. The van der Waals surface area contributed by atoms with Crippen LogP contribution in [0.2, 0.25) is 0 Å². The van der Waals surface area contributed by atoms with E-state index in [2.05, 4.69) is 10.3 Å². The van der Waals surface area contributed by atoms with Gasteiger partial charge in [-0.2, -0.15) is 5.26 Å². The molecule has 106 valence electrons. The Kier molecular flexibility index (Phi) is 4.48. The second-order valence-corrected chi connectivity index (χ2v) is 4.77. The molecule has 0 aliphatic carbocycles. The van der Waals surface area contributed by atoms with Crippen LogP contribution in [0.15, 0.2) is 12.3 Å². The fourth-order valence-electron chi connectivity index (χ4n) is 2.42. The molecule has 0 saturated carbocycles. The predicted molar refractivity (Wildman–Crippen MR) is 74.5 cm³/mol. The van der Waals surface area contributed by atoms with Gasteiger partial charge in [-0.05, 0) is 26.3 Å². The van der Waals surface area contributed by atoms with E-state index in [-0.39, 0.29) is 11.3 Å². The van der Waals surface area contributed by atoms with E-state index in [1.165, 1.54) is 12.3 Å². The summed E-state index contributed by atoms with van der Waals surface area (Å²) in [6.07, 6.45) is 3.47. The molecule has 0 radical (unpaired) electrons. The first-order valence-corrected chi connectivity index (χ1v) is 6.68. The Morgan fingerprint density at radius 1 is 1.70 bits per heavy atom. The summed E-state index contributed by atoms with van der Waals surface area (Å²) in [6.45, 7) is 4.47. The third-order valence-electron chi connectivity index (χ3n) is 3.47. The average molecular weight is 275 g/mol. The third-order valence-corrected chi connectivity index (χ3v) is 3.47. The van der Waals surface area contributed by atoms with Crippen molar-refractivity contribution in [2.75, 3.05) is 24.5 Å². The van der Waals surface area contributed by atoms with Gasteiger partial charge in [-0.15, -0.1) is 0 Å². The zero-order valence-corrected chi connectivity index (χ0v) is 11.4. The topological polar surface area (TPSA) is 95.1 Å². The van der Waals surface area contributed by atoms with Crippen LogP contribution in [-0.4, -0.2) is 35.6 Å². The van der Waals surface area contributed by atoms with Crippen molar-refractivity contribution in [2.45, 2.75) is 25.8 Å². The summed E-state index contributed by atoms with van der Waals surface area (Å²) < 4.78 is 0. The van der Waals surface area contributed by atoms with Gasteiger partial charge in [-0.25, -0.2) is 4.98 Å². The number of anilines is 1. The normalized spacial score (nSPS) is 17.7. The van der Waals surface area contributed by atoms with E-state index in [9.17, 15) is 15.4 Å². The molecule has 1 aromatic rings. The molecular formula is C13H17N5O2. The first-order chi connectivity index (χ1) is 9.65. The summed E-state index contributed by atoms with van der Waals surface area (Å²) in [7, 11) is 0. The number of pyridine rings is 1. The van der Waals surface area contributed by atoms with Crippen LogP contribution < -0.4 is 10.2 Å². The molecule has 20 heavy (non-hydrogen) atoms. The number of rotatable bonds is 5. The Balaban J connectivity index is 2.24. The Hall–Kier alpha value is -2.20. The zero-order chi connectivity index (χ0) is 14.5. The fourth-order valence-corrected chi connectivity index (χ4v) is 2.42. The van der Waals surface area contributed by atoms with Gasteiger partial charge in [-0.3, -0.25) is 10.1 Å². The van der Waals surface area contributed by atoms with Crippen molar-refractivity contribution in [3.8, 4) is 6.07 Å². The number of nitrogens with one attached hydrogen (secondary N) is 1. The van der Waals surface area contributed by atoms with Gasteiger partial charge in [0, 0.05) is 25.2 Å². The lowest BCUT2D eigenvalue weighted by molar-refractivity contribution is -0.385. The lowest BCUT2D eigenvalue weighted by Gasteiger charge is -2.26. The van der Waals surface area contributed by atoms with Crippen molar-refractivity contribution >= 4 is 11.5 Å². The molecule has 7 heteroatoms. The molecule has 2 rings (SSSR count). The zero-order valence-electron chi connectivity index (χ0n) is 11.4. The van der Waals surface area contributed by atoms with Gasteiger partial charge < -0.3 is 10.2 Å². The Bertz CT molecular complexity index is 534. The molecule has 1 aromatic heterocycles. The summed E-state index contributed by atoms with van der Waals surface area (Å²) in [5.41, 5.74) is 0.0967. The minimum Gasteiger partial charge on any atom is -0.354 e. The largest absolute Gasteiger partial charge is 0.354 e. The summed E-state index contributed by atoms with van der Waals surface area (Å²) in [5.74, 6) is 0.523. The minimum atomic E-state index is -0.535. The molecule has 0 bridgehead atoms. The van der Waals surface area contributed by atoms with Crippen molar-refractivity contribution in [3.63, 3.8) is 0 Å². The van der Waals surface area contributed by atoms with Crippen LogP contribution in [0.3, 0.4) is 0 Å². The van der Waals surface area contributed by atoms with Crippen LogP contribution in [-0.2, 0) is 0 Å². The second-order valence-electron chi connectivity index (χ2n) is 4.77. The van der Waals surface area contributed by atoms with E-state index in [4.69, 9.17) is 0 Å². The minimum absolute atomic E-state index is 0.152. The highest BCUT2D eigenvalue weighted by Gasteiger charge is 2.21. The van der Waals surface area contributed by atoms with Crippen LogP contribution in [0.4, 0.5) is 11.5 Å². The molecule has 1 fully saturated rings. The van der Waals surface area contributed by atoms with Crippen LogP contribution in [0, 0.1) is 21.4 Å². The summed E-state index contributed by atoms with van der Waals surface area (Å²) in [6, 6.07) is 3.67. The van der Waals surface area contributed by atoms with Crippen molar-refractivity contribution < 1.29 is 4.92 Å². The fraction of sp³-hybridized carbons (Fsp3) is 0.538. The van der Waals surface area contributed by atoms with Gasteiger partial charge in [0.15, 0.2) is 0 Å². The summed E-state index contributed by atoms with van der Waals surface area (Å²) in [4.78, 5) is 16.3. The standard InChI is InChI=1S/C13H17N5O2/c1-2-17(9-11-4-3-5-15-11)13-10(7-14)6-12(8-16-13)18(19)20/h6,8,11,15H,2-5,9H2,1H3. The molecule has 1 N–H and O–H groups in total. The highest BCUT2D eigenvalue weighted by molar-refractivity contribution is 5.57. The van der Waals surface area contributed by atoms with Gasteiger partial charge in [0.25, 0.3) is 5.69 Å². The first kappa shape index (κ1) is 14.2. The number of nitriles is 1. The van der Waals surface area contributed by atoms with E-state index < -0.39 is 4.92 Å². The number of nitrogens with zero attached hydrogens (tertiary/aromatic N) is 4. The molecule has 2 heterocycles. The number of nitro groups is 1. The summed E-state index contributed by atoms with van der Waals surface area (Å²) >= 11 is 0. The lowest BCUT2D eigenvalue weighted by atomic mass is 10.2. The van der Waals surface area contributed by atoms with Crippen molar-refractivity contribution in [1.82, 2.24) is 10.3 Å². The van der Waals surface area contributed by atoms with Crippen LogP contribution in [0.25, 0.3) is 0 Å². The lowest BCUT2D eigenvalue weighted by Crippen LogP contribution is -2.38. The molecule has 1 saturated heterocycles. The molecular weight excluding hydrogens is 258 g/mol. The molecule has 1 atom stereocenters. The predicted octanol–water partition coefficient (Wildman–Crippen LogP) is 1.44. The van der Waals surface area contributed by atoms with Crippen LogP contribution in [0.5, 0.6) is 0 Å². The Labute approximate surface area is 117 Å². The quantitative estimate of drug-likeness (QED) is 0.645. The molecule has 7 nitrogen and oxygen atoms in total. The second kappa shape index (κ2) is 6.30. The van der Waals surface area contributed by atoms with Gasteiger partial charge in [0.1, 0.15) is 23.6 Å². The van der Waals surface area contributed by atoms with Crippen molar-refractivity contribution in [1.29, 1.82) is 5.26 Å². The Morgan fingerprint density at radius 3 is 3.05 bits per heavy atom. The molecule has 1 aliphatic heterocycles. The molecule has 0 spiro atoms. The first-order valence-electron chi connectivity index (χ1n) is 6.68. The smallest absolute Gasteiger partial charge is 0.289 e. The molecule has 0 aromatic carbocycles. The number of aromatic nitrogens is 1. The molecule has 1 aliphatic rings. The Morgan fingerprint density at radius 2 is 2.50 bits per heavy atom. The van der Waals surface area contributed by atoms with E-state index >= 15 is 0 Å². The third kappa shape index (κ3) is 3.03. The van der Waals surface area contributed by atoms with E-state index in [1.807, 2.05) is 17.9 Å². The van der Waals surface area contributed by atoms with E-state index in [0.29, 0.717) is 18.4 Å². The van der Waals surface area contributed by atoms with Crippen molar-refractivity contribution in [2.24, 2.45) is 0 Å². The SMILES string of the molecule is CCN(CC1CCCN1)c1ncc([N+](=O)[O-])cc1C#N. The number of hydrogen-bond donors (Lipinski definition) is 1. The average Bonchev–Trinajstić information content (AvgIpc) is 2.97. The molecule has 1 unspecified atom stereocenters.